The van der Waals surface area contributed by atoms with Crippen LogP contribution in [0.1, 0.15) is 12.6 Å². The van der Waals surface area contributed by atoms with Crippen LogP contribution in [0.25, 0.3) is 16.5 Å². The van der Waals surface area contributed by atoms with Crippen molar-refractivity contribution in [2.45, 2.75) is 6.92 Å². The van der Waals surface area contributed by atoms with Crippen molar-refractivity contribution in [1.82, 2.24) is 15.1 Å². The maximum atomic E-state index is 5.40. The number of aromatic amines is 1. The fraction of sp³-hybridized carbons (Fsp3) is 0.294. The normalized spacial score (nSPS) is 16.9. The molecule has 1 fully saturated rings. The highest BCUT2D eigenvalue weighted by atomic mass is 79.9. The van der Waals surface area contributed by atoms with Gasteiger partial charge in [0, 0.05) is 22.9 Å². The van der Waals surface area contributed by atoms with E-state index in [1.54, 1.807) is 0 Å². The Labute approximate surface area is 143 Å². The number of morpholine rings is 1. The minimum absolute atomic E-state index is 0.720. The number of hydrogen-bond donors (Lipinski definition) is 1. The van der Waals surface area contributed by atoms with Crippen molar-refractivity contribution in [2.24, 2.45) is 4.99 Å². The first-order valence-electron chi connectivity index (χ1n) is 7.55. The molecule has 2 heterocycles. The molecule has 0 aliphatic carbocycles. The van der Waals surface area contributed by atoms with Gasteiger partial charge in [0.1, 0.15) is 11.3 Å². The average molecular weight is 375 g/mol. The smallest absolute Gasteiger partial charge is 0.128 e. The number of ether oxygens (including phenoxy) is 1. The Morgan fingerprint density at radius 2 is 2.22 bits per heavy atom. The predicted molar refractivity (Wildman–Crippen MR) is 97.5 cm³/mol. The molecule has 0 amide bonds. The molecule has 0 atom stereocenters. The van der Waals surface area contributed by atoms with Gasteiger partial charge in [-0.05, 0) is 47.3 Å². The van der Waals surface area contributed by atoms with Crippen LogP contribution in [0, 0.1) is 0 Å². The lowest BCUT2D eigenvalue weighted by atomic mass is 10.1. The number of aromatic nitrogens is 2. The van der Waals surface area contributed by atoms with Crippen molar-refractivity contribution in [3.63, 3.8) is 0 Å². The summed E-state index contributed by atoms with van der Waals surface area (Å²) >= 11 is 3.54. The van der Waals surface area contributed by atoms with Gasteiger partial charge in [-0.2, -0.15) is 5.10 Å². The van der Waals surface area contributed by atoms with Crippen molar-refractivity contribution in [1.29, 1.82) is 0 Å². The van der Waals surface area contributed by atoms with E-state index in [0.717, 1.165) is 58.8 Å². The molecule has 6 heteroatoms. The zero-order valence-electron chi connectivity index (χ0n) is 13.1. The van der Waals surface area contributed by atoms with Crippen molar-refractivity contribution >= 4 is 39.1 Å². The highest BCUT2D eigenvalue weighted by Crippen LogP contribution is 2.29. The number of H-pyrrole nitrogens is 1. The number of aliphatic imine (C=N–C) groups is 1. The number of nitrogens with one attached hydrogen (secondary N) is 1. The first kappa shape index (κ1) is 16.0. The number of allylic oxidation sites excluding steroid dienone is 3. The molecule has 3 rings (SSSR count). The van der Waals surface area contributed by atoms with Crippen LogP contribution in [0.5, 0.6) is 0 Å². The third-order valence-corrected chi connectivity index (χ3v) is 4.56. The molecule has 5 nitrogen and oxygen atoms in total. The maximum Gasteiger partial charge on any atom is 0.128 e. The molecule has 0 spiro atoms. The van der Waals surface area contributed by atoms with Gasteiger partial charge in [0.15, 0.2) is 0 Å². The summed E-state index contributed by atoms with van der Waals surface area (Å²) in [6, 6.07) is 6.06. The van der Waals surface area contributed by atoms with Gasteiger partial charge in [0.25, 0.3) is 0 Å². The molecule has 0 radical (unpaired) electrons. The summed E-state index contributed by atoms with van der Waals surface area (Å²) in [5.41, 5.74) is 2.95. The second-order valence-electron chi connectivity index (χ2n) is 5.24. The highest BCUT2D eigenvalue weighted by Gasteiger charge is 2.15. The Kier molecular flexibility index (Phi) is 4.93. The molecule has 0 saturated carbocycles. The number of para-hydroxylation sites is 1. The first-order valence-corrected chi connectivity index (χ1v) is 8.34. The molecular weight excluding hydrogens is 356 g/mol. The lowest BCUT2D eigenvalue weighted by molar-refractivity contribution is 0.0533. The molecule has 1 aromatic heterocycles. The van der Waals surface area contributed by atoms with Crippen LogP contribution in [0.15, 0.2) is 45.6 Å². The third-order valence-electron chi connectivity index (χ3n) is 3.92. The average Bonchev–Trinajstić information content (AvgIpc) is 3.02. The largest absolute Gasteiger partial charge is 0.378 e. The lowest BCUT2D eigenvalue weighted by Crippen LogP contribution is -2.35. The van der Waals surface area contributed by atoms with Crippen LogP contribution in [-0.2, 0) is 4.74 Å². The SMILES string of the molecule is C=N/C(=C\C(=C/C)c1[nH]nc2c(Br)cccc12)N1CCOCC1. The standard InChI is InChI=1S/C17H19BrN4O/c1-3-12(11-15(19-2)22-7-9-23-10-8-22)16-13-5-4-6-14(18)17(13)21-20-16/h3-6,11H,2,7-10H2,1H3,(H,20,21)/b12-3+,15-11+. The van der Waals surface area contributed by atoms with Gasteiger partial charge < -0.3 is 9.64 Å². The van der Waals surface area contributed by atoms with E-state index in [0.29, 0.717) is 0 Å². The Bertz CT molecular complexity index is 772. The van der Waals surface area contributed by atoms with Crippen molar-refractivity contribution in [3.8, 4) is 0 Å². The topological polar surface area (TPSA) is 53.5 Å². The summed E-state index contributed by atoms with van der Waals surface area (Å²) in [5.74, 6) is 0.860. The second-order valence-corrected chi connectivity index (χ2v) is 6.09. The van der Waals surface area contributed by atoms with Crippen LogP contribution >= 0.6 is 15.9 Å². The van der Waals surface area contributed by atoms with Gasteiger partial charge in [-0.25, -0.2) is 4.99 Å². The van der Waals surface area contributed by atoms with E-state index in [1.807, 2.05) is 25.1 Å². The van der Waals surface area contributed by atoms with Gasteiger partial charge in [-0.1, -0.05) is 18.2 Å². The van der Waals surface area contributed by atoms with Gasteiger partial charge in [-0.3, -0.25) is 5.10 Å². The van der Waals surface area contributed by atoms with Crippen LogP contribution in [0.2, 0.25) is 0 Å². The molecule has 1 saturated heterocycles. The lowest BCUT2D eigenvalue weighted by Gasteiger charge is -2.28. The third kappa shape index (κ3) is 3.23. The van der Waals surface area contributed by atoms with E-state index in [-0.39, 0.29) is 0 Å². The summed E-state index contributed by atoms with van der Waals surface area (Å²) in [4.78, 5) is 6.39. The van der Waals surface area contributed by atoms with Crippen molar-refractivity contribution in [2.75, 3.05) is 26.3 Å². The predicted octanol–water partition coefficient (Wildman–Crippen LogP) is 3.60. The number of rotatable bonds is 4. The summed E-state index contributed by atoms with van der Waals surface area (Å²) in [6.07, 6.45) is 4.10. The first-order chi connectivity index (χ1) is 11.2. The van der Waals surface area contributed by atoms with Crippen LogP contribution in [0.3, 0.4) is 0 Å². The summed E-state index contributed by atoms with van der Waals surface area (Å²) in [6.45, 7) is 8.83. The summed E-state index contributed by atoms with van der Waals surface area (Å²) in [5, 5.41) is 8.63. The van der Waals surface area contributed by atoms with Gasteiger partial charge in [0.05, 0.1) is 18.9 Å². The van der Waals surface area contributed by atoms with Crippen LogP contribution in [-0.4, -0.2) is 48.1 Å². The molecule has 2 aromatic rings. The van der Waals surface area contributed by atoms with E-state index in [2.05, 4.69) is 54.9 Å². The molecule has 1 aliphatic rings. The van der Waals surface area contributed by atoms with E-state index in [4.69, 9.17) is 4.74 Å². The van der Waals surface area contributed by atoms with E-state index in [9.17, 15) is 0 Å². The number of fused-ring (bicyclic) bond motifs is 1. The second kappa shape index (κ2) is 7.10. The van der Waals surface area contributed by atoms with Crippen LogP contribution < -0.4 is 0 Å². The minimum Gasteiger partial charge on any atom is -0.378 e. The molecule has 120 valence electrons. The fourth-order valence-corrected chi connectivity index (χ4v) is 3.15. The number of benzene rings is 1. The number of halogens is 1. The van der Waals surface area contributed by atoms with Gasteiger partial charge >= 0.3 is 0 Å². The van der Waals surface area contributed by atoms with Gasteiger partial charge in [0.2, 0.25) is 0 Å². The maximum absolute atomic E-state index is 5.40. The minimum atomic E-state index is 0.720. The quantitative estimate of drug-likeness (QED) is 0.656. The van der Waals surface area contributed by atoms with E-state index >= 15 is 0 Å². The Morgan fingerprint density at radius 3 is 2.91 bits per heavy atom. The van der Waals surface area contributed by atoms with Crippen molar-refractivity contribution < 1.29 is 4.74 Å². The van der Waals surface area contributed by atoms with Crippen LogP contribution in [0.4, 0.5) is 0 Å². The number of hydrogen-bond acceptors (Lipinski definition) is 4. The molecule has 23 heavy (non-hydrogen) atoms. The Hall–Kier alpha value is -1.92. The zero-order valence-corrected chi connectivity index (χ0v) is 14.6. The summed E-state index contributed by atoms with van der Waals surface area (Å²) in [7, 11) is 0. The molecular formula is C17H19BrN4O. The Balaban J connectivity index is 1.99. The molecule has 1 aliphatic heterocycles. The van der Waals surface area contributed by atoms with Crippen molar-refractivity contribution in [3.05, 3.63) is 46.3 Å². The fourth-order valence-electron chi connectivity index (χ4n) is 2.69. The highest BCUT2D eigenvalue weighted by molar-refractivity contribution is 9.10. The Morgan fingerprint density at radius 1 is 1.43 bits per heavy atom. The van der Waals surface area contributed by atoms with E-state index < -0.39 is 0 Å². The molecule has 1 N–H and O–H groups in total. The molecule has 0 unspecified atom stereocenters. The monoisotopic (exact) mass is 374 g/mol. The zero-order chi connectivity index (χ0) is 16.2. The van der Waals surface area contributed by atoms with E-state index in [1.165, 1.54) is 0 Å². The molecule has 0 bridgehead atoms. The summed E-state index contributed by atoms with van der Waals surface area (Å²) < 4.78 is 6.38. The van der Waals surface area contributed by atoms with Gasteiger partial charge in [-0.15, -0.1) is 0 Å². The molecule has 1 aromatic carbocycles. The number of nitrogens with zero attached hydrogens (tertiary/aromatic N) is 3.